The molecule has 0 aromatic heterocycles. The van der Waals surface area contributed by atoms with Gasteiger partial charge in [-0.3, -0.25) is 4.99 Å². The fourth-order valence-corrected chi connectivity index (χ4v) is 2.42. The average Bonchev–Trinajstić information content (AvgIpc) is 2.77. The highest BCUT2D eigenvalue weighted by atomic mass is 16.5. The van der Waals surface area contributed by atoms with E-state index in [1.54, 1.807) is 0 Å². The van der Waals surface area contributed by atoms with E-state index in [0.717, 1.165) is 37.7 Å². The van der Waals surface area contributed by atoms with Gasteiger partial charge in [0.1, 0.15) is 5.75 Å². The van der Waals surface area contributed by atoms with Gasteiger partial charge in [-0.15, -0.1) is 0 Å². The first-order chi connectivity index (χ1) is 7.83. The van der Waals surface area contributed by atoms with Crippen molar-refractivity contribution in [3.8, 4) is 5.75 Å². The van der Waals surface area contributed by atoms with Crippen molar-refractivity contribution in [1.82, 2.24) is 0 Å². The molecule has 0 saturated heterocycles. The van der Waals surface area contributed by atoms with Crippen LogP contribution in [0.4, 0.5) is 0 Å². The Morgan fingerprint density at radius 2 is 2.25 bits per heavy atom. The minimum atomic E-state index is 0.751. The molecule has 2 heterocycles. The summed E-state index contributed by atoms with van der Waals surface area (Å²) in [5.74, 6) is 1.81. The molecule has 0 N–H and O–H groups in total. The van der Waals surface area contributed by atoms with Crippen LogP contribution in [-0.2, 0) is 6.42 Å². The van der Waals surface area contributed by atoms with Crippen molar-refractivity contribution < 1.29 is 4.74 Å². The molecule has 1 atom stereocenters. The van der Waals surface area contributed by atoms with Crippen LogP contribution in [0.5, 0.6) is 5.75 Å². The number of hydrogen-bond acceptors (Lipinski definition) is 2. The van der Waals surface area contributed by atoms with Gasteiger partial charge < -0.3 is 4.74 Å². The number of fused-ring (bicyclic) bond motifs is 1. The molecule has 0 spiro atoms. The quantitative estimate of drug-likeness (QED) is 0.706. The molecular formula is C14H17NO. The van der Waals surface area contributed by atoms with Gasteiger partial charge in [0.15, 0.2) is 0 Å². The van der Waals surface area contributed by atoms with Crippen molar-refractivity contribution >= 4 is 5.71 Å². The second kappa shape index (κ2) is 3.93. The Morgan fingerprint density at radius 1 is 1.31 bits per heavy atom. The van der Waals surface area contributed by atoms with Gasteiger partial charge in [-0.05, 0) is 48.1 Å². The minimum Gasteiger partial charge on any atom is -0.493 e. The lowest BCUT2D eigenvalue weighted by Crippen LogP contribution is -2.14. The van der Waals surface area contributed by atoms with Crippen LogP contribution in [0.1, 0.15) is 30.9 Å². The maximum atomic E-state index is 5.52. The molecule has 84 valence electrons. The molecule has 1 aromatic rings. The van der Waals surface area contributed by atoms with Gasteiger partial charge in [-0.2, -0.15) is 0 Å². The maximum Gasteiger partial charge on any atom is 0.122 e. The first-order valence-electron chi connectivity index (χ1n) is 6.12. The monoisotopic (exact) mass is 215 g/mol. The van der Waals surface area contributed by atoms with E-state index in [9.17, 15) is 0 Å². The Kier molecular flexibility index (Phi) is 2.43. The minimum absolute atomic E-state index is 0.751. The second-order valence-corrected chi connectivity index (χ2v) is 4.85. The Labute approximate surface area is 96.3 Å². The van der Waals surface area contributed by atoms with Gasteiger partial charge in [-0.1, -0.05) is 6.92 Å². The van der Waals surface area contributed by atoms with Crippen LogP contribution in [0.2, 0.25) is 0 Å². The summed E-state index contributed by atoms with van der Waals surface area (Å²) in [6.07, 6.45) is 3.44. The zero-order valence-electron chi connectivity index (χ0n) is 9.70. The zero-order valence-corrected chi connectivity index (χ0v) is 9.70. The predicted octanol–water partition coefficient (Wildman–Crippen LogP) is 2.84. The summed E-state index contributed by atoms with van der Waals surface area (Å²) < 4.78 is 5.52. The van der Waals surface area contributed by atoms with Gasteiger partial charge in [0.05, 0.1) is 6.61 Å². The molecule has 16 heavy (non-hydrogen) atoms. The molecule has 0 bridgehead atoms. The molecule has 1 aromatic carbocycles. The van der Waals surface area contributed by atoms with Crippen LogP contribution in [0.15, 0.2) is 23.2 Å². The molecule has 0 radical (unpaired) electrons. The van der Waals surface area contributed by atoms with Crippen molar-refractivity contribution in [2.75, 3.05) is 13.2 Å². The lowest BCUT2D eigenvalue weighted by molar-refractivity contribution is 0.357. The molecular weight excluding hydrogens is 198 g/mol. The number of nitrogens with zero attached hydrogens (tertiary/aromatic N) is 1. The van der Waals surface area contributed by atoms with Crippen molar-refractivity contribution in [1.29, 1.82) is 0 Å². The number of ether oxygens (including phenoxy) is 1. The summed E-state index contributed by atoms with van der Waals surface area (Å²) in [6, 6.07) is 6.51. The molecule has 0 aliphatic carbocycles. The topological polar surface area (TPSA) is 21.6 Å². The third kappa shape index (κ3) is 1.73. The summed E-state index contributed by atoms with van der Waals surface area (Å²) in [5.41, 5.74) is 3.93. The van der Waals surface area contributed by atoms with E-state index < -0.39 is 0 Å². The van der Waals surface area contributed by atoms with Gasteiger partial charge >= 0.3 is 0 Å². The molecule has 2 aliphatic rings. The first kappa shape index (κ1) is 9.88. The fraction of sp³-hybridized carbons (Fsp3) is 0.500. The van der Waals surface area contributed by atoms with Crippen molar-refractivity contribution in [3.63, 3.8) is 0 Å². The molecule has 3 rings (SSSR count). The highest BCUT2D eigenvalue weighted by molar-refractivity contribution is 6.01. The highest BCUT2D eigenvalue weighted by Gasteiger charge is 2.16. The molecule has 1 unspecified atom stereocenters. The first-order valence-corrected chi connectivity index (χ1v) is 6.12. The van der Waals surface area contributed by atoms with Crippen LogP contribution < -0.4 is 4.74 Å². The van der Waals surface area contributed by atoms with E-state index in [1.165, 1.54) is 23.3 Å². The standard InChI is InChI=1S/C14H17NO/c1-10-2-4-13(15-9-10)11-3-5-14-12(8-11)6-7-16-14/h3,5,8,10H,2,4,6-7,9H2,1H3. The second-order valence-electron chi connectivity index (χ2n) is 4.85. The van der Waals surface area contributed by atoms with E-state index in [1.807, 2.05) is 0 Å². The van der Waals surface area contributed by atoms with Crippen LogP contribution >= 0.6 is 0 Å². The summed E-state index contributed by atoms with van der Waals surface area (Å²) >= 11 is 0. The number of hydrogen-bond donors (Lipinski definition) is 0. The fourth-order valence-electron chi connectivity index (χ4n) is 2.42. The van der Waals surface area contributed by atoms with Crippen LogP contribution in [0, 0.1) is 5.92 Å². The average molecular weight is 215 g/mol. The normalized spacial score (nSPS) is 23.6. The predicted molar refractivity (Wildman–Crippen MR) is 65.4 cm³/mol. The Hall–Kier alpha value is -1.31. The smallest absolute Gasteiger partial charge is 0.122 e. The van der Waals surface area contributed by atoms with Gasteiger partial charge in [0, 0.05) is 18.7 Å². The Balaban J connectivity index is 1.90. The SMILES string of the molecule is CC1CCC(c2ccc3c(c2)CCO3)=NC1. The largest absolute Gasteiger partial charge is 0.493 e. The van der Waals surface area contributed by atoms with Gasteiger partial charge in [0.25, 0.3) is 0 Å². The lowest BCUT2D eigenvalue weighted by Gasteiger charge is -2.17. The lowest BCUT2D eigenvalue weighted by atomic mass is 9.95. The summed E-state index contributed by atoms with van der Waals surface area (Å²) in [4.78, 5) is 4.68. The summed E-state index contributed by atoms with van der Waals surface area (Å²) in [7, 11) is 0. The van der Waals surface area contributed by atoms with Crippen molar-refractivity contribution in [2.24, 2.45) is 10.9 Å². The third-order valence-corrected chi connectivity index (χ3v) is 3.49. The van der Waals surface area contributed by atoms with E-state index in [-0.39, 0.29) is 0 Å². The highest BCUT2D eigenvalue weighted by Crippen LogP contribution is 2.27. The molecule has 2 aliphatic heterocycles. The molecule has 0 fully saturated rings. The Bertz CT molecular complexity index is 436. The maximum absolute atomic E-state index is 5.52. The third-order valence-electron chi connectivity index (χ3n) is 3.49. The van der Waals surface area contributed by atoms with Crippen molar-refractivity contribution in [3.05, 3.63) is 29.3 Å². The van der Waals surface area contributed by atoms with E-state index in [2.05, 4.69) is 30.1 Å². The number of benzene rings is 1. The van der Waals surface area contributed by atoms with Gasteiger partial charge in [-0.25, -0.2) is 0 Å². The number of rotatable bonds is 1. The van der Waals surface area contributed by atoms with E-state index >= 15 is 0 Å². The van der Waals surface area contributed by atoms with Crippen LogP contribution in [0.25, 0.3) is 0 Å². The van der Waals surface area contributed by atoms with E-state index in [0.29, 0.717) is 0 Å². The molecule has 0 saturated carbocycles. The molecule has 0 amide bonds. The Morgan fingerprint density at radius 3 is 3.06 bits per heavy atom. The van der Waals surface area contributed by atoms with Crippen molar-refractivity contribution in [2.45, 2.75) is 26.2 Å². The summed E-state index contributed by atoms with van der Waals surface area (Å²) in [5, 5.41) is 0. The zero-order chi connectivity index (χ0) is 11.0. The molecule has 2 heteroatoms. The molecule has 2 nitrogen and oxygen atoms in total. The van der Waals surface area contributed by atoms with Crippen LogP contribution in [-0.4, -0.2) is 18.9 Å². The summed E-state index contributed by atoms with van der Waals surface area (Å²) in [6.45, 7) is 4.10. The number of aliphatic imine (C=N–C) groups is 1. The van der Waals surface area contributed by atoms with E-state index in [4.69, 9.17) is 4.74 Å². The van der Waals surface area contributed by atoms with Crippen LogP contribution in [0.3, 0.4) is 0 Å². The van der Waals surface area contributed by atoms with Gasteiger partial charge in [0.2, 0.25) is 0 Å².